The fourth-order valence-corrected chi connectivity index (χ4v) is 8.47. The SMILES string of the molecule is CCOC(=O)C1(CC(=O)Cc2cc(-c3ccc(F)cc3)ccc2C)CCCCC1.Cc1ccc(-c2ccc(F)cc2)cc1C1=C(O)C2(CCCCC2)NC1=O. The van der Waals surface area contributed by atoms with Gasteiger partial charge in [-0.1, -0.05) is 93.1 Å². The van der Waals surface area contributed by atoms with Gasteiger partial charge in [0, 0.05) is 12.8 Å². The van der Waals surface area contributed by atoms with Crippen LogP contribution in [0.15, 0.2) is 90.7 Å². The summed E-state index contributed by atoms with van der Waals surface area (Å²) in [6.45, 7) is 6.07. The van der Waals surface area contributed by atoms with E-state index in [1.54, 1.807) is 31.2 Å². The zero-order chi connectivity index (χ0) is 39.2. The van der Waals surface area contributed by atoms with Crippen LogP contribution in [-0.2, 0) is 25.5 Å². The summed E-state index contributed by atoms with van der Waals surface area (Å²) >= 11 is 0. The van der Waals surface area contributed by atoms with Crippen molar-refractivity contribution < 1.29 is 33.0 Å². The number of ether oxygens (including phenoxy) is 1. The molecule has 0 aromatic heterocycles. The molecule has 0 radical (unpaired) electrons. The van der Waals surface area contributed by atoms with E-state index in [0.29, 0.717) is 18.6 Å². The number of aryl methyl sites for hydroxylation is 2. The lowest BCUT2D eigenvalue weighted by atomic mass is 9.70. The number of hydrogen-bond donors (Lipinski definition) is 2. The number of carbonyl (C=O) groups is 3. The van der Waals surface area contributed by atoms with Gasteiger partial charge in [0.2, 0.25) is 0 Å². The first kappa shape index (κ1) is 39.6. The minimum absolute atomic E-state index is 0.0688. The summed E-state index contributed by atoms with van der Waals surface area (Å²) in [7, 11) is 0. The Hall–Kier alpha value is -5.11. The molecule has 2 aliphatic carbocycles. The van der Waals surface area contributed by atoms with Crippen LogP contribution in [0.4, 0.5) is 8.78 Å². The van der Waals surface area contributed by atoms with Gasteiger partial charge in [-0.25, -0.2) is 8.78 Å². The smallest absolute Gasteiger partial charge is 0.312 e. The molecule has 0 unspecified atom stereocenters. The molecule has 55 heavy (non-hydrogen) atoms. The lowest BCUT2D eigenvalue weighted by Gasteiger charge is -2.34. The summed E-state index contributed by atoms with van der Waals surface area (Å²) in [4.78, 5) is 38.3. The molecule has 4 aromatic carbocycles. The average molecular weight is 748 g/mol. The lowest BCUT2D eigenvalue weighted by molar-refractivity contribution is -0.159. The molecular weight excluding hydrogens is 697 g/mol. The Morgan fingerprint density at radius 1 is 0.709 bits per heavy atom. The standard InChI is InChI=1S/C25H29FO3.C22H22FNO2/c1-3-29-24(28)25(13-5-4-6-14-25)17-23(27)16-21-15-20(8-7-18(21)2)19-9-11-22(26)12-10-19;1-14-5-6-16(15-7-9-17(23)10-8-15)13-18(14)19-20(25)22(24-21(19)26)11-3-2-4-12-22/h7-12,15H,3-6,13-14,16-17H2,1-2H3;5-10,13,25H,2-4,11-12H2,1H3,(H,24,26). The van der Waals surface area contributed by atoms with Crippen molar-refractivity contribution in [3.8, 4) is 22.3 Å². The monoisotopic (exact) mass is 747 g/mol. The molecule has 0 atom stereocenters. The van der Waals surface area contributed by atoms with Gasteiger partial charge in [-0.05, 0) is 121 Å². The summed E-state index contributed by atoms with van der Waals surface area (Å²) in [5.74, 6) is -0.724. The summed E-state index contributed by atoms with van der Waals surface area (Å²) in [5.41, 5.74) is 6.42. The number of ketones is 1. The molecule has 0 bridgehead atoms. The molecule has 6 nitrogen and oxygen atoms in total. The Labute approximate surface area is 323 Å². The number of Topliss-reactive ketones (excluding diaryl/α,β-unsaturated/α-hetero) is 1. The molecule has 8 heteroatoms. The van der Waals surface area contributed by atoms with Crippen LogP contribution in [0.1, 0.15) is 99.8 Å². The van der Waals surface area contributed by atoms with Crippen LogP contribution in [0, 0.1) is 30.9 Å². The maximum Gasteiger partial charge on any atom is 0.312 e. The van der Waals surface area contributed by atoms with Gasteiger partial charge in [0.05, 0.1) is 23.1 Å². The number of esters is 1. The van der Waals surface area contributed by atoms with Crippen molar-refractivity contribution in [1.29, 1.82) is 0 Å². The highest BCUT2D eigenvalue weighted by Crippen LogP contribution is 2.43. The Kier molecular flexibility index (Phi) is 12.3. The molecule has 0 saturated heterocycles. The second-order valence-electron chi connectivity index (χ2n) is 15.5. The van der Waals surface area contributed by atoms with E-state index in [1.165, 1.54) is 24.3 Å². The summed E-state index contributed by atoms with van der Waals surface area (Å²) in [6.07, 6.45) is 9.74. The zero-order valence-corrected chi connectivity index (χ0v) is 32.1. The molecule has 3 aliphatic rings. The highest BCUT2D eigenvalue weighted by Gasteiger charge is 2.46. The van der Waals surface area contributed by atoms with Gasteiger partial charge >= 0.3 is 5.97 Å². The number of hydrogen-bond acceptors (Lipinski definition) is 5. The minimum Gasteiger partial charge on any atom is -0.509 e. The third kappa shape index (κ3) is 8.90. The van der Waals surface area contributed by atoms with Crippen LogP contribution in [0.2, 0.25) is 0 Å². The predicted molar refractivity (Wildman–Crippen MR) is 212 cm³/mol. The second-order valence-corrected chi connectivity index (χ2v) is 15.5. The van der Waals surface area contributed by atoms with Crippen LogP contribution in [-0.4, -0.2) is 34.9 Å². The first-order valence-electron chi connectivity index (χ1n) is 19.6. The van der Waals surface area contributed by atoms with Gasteiger partial charge in [0.1, 0.15) is 23.2 Å². The number of benzene rings is 4. The van der Waals surface area contributed by atoms with E-state index >= 15 is 0 Å². The largest absolute Gasteiger partial charge is 0.509 e. The molecule has 1 spiro atoms. The summed E-state index contributed by atoms with van der Waals surface area (Å²) in [6, 6.07) is 24.4. The van der Waals surface area contributed by atoms with Crippen LogP contribution >= 0.6 is 0 Å². The topological polar surface area (TPSA) is 92.7 Å². The van der Waals surface area contributed by atoms with Crippen molar-refractivity contribution in [2.75, 3.05) is 6.61 Å². The number of aliphatic hydroxyl groups is 1. The van der Waals surface area contributed by atoms with E-state index in [4.69, 9.17) is 4.74 Å². The third-order valence-electron chi connectivity index (χ3n) is 11.6. The average Bonchev–Trinajstić information content (AvgIpc) is 3.41. The fraction of sp³-hybridized carbons (Fsp3) is 0.383. The van der Waals surface area contributed by atoms with Crippen LogP contribution < -0.4 is 5.32 Å². The normalized spacial score (nSPS) is 17.3. The molecule has 288 valence electrons. The van der Waals surface area contributed by atoms with E-state index in [0.717, 1.165) is 109 Å². The molecule has 1 aliphatic heterocycles. The van der Waals surface area contributed by atoms with E-state index in [-0.39, 0.29) is 41.5 Å². The summed E-state index contributed by atoms with van der Waals surface area (Å²) in [5, 5.41) is 14.0. The molecule has 2 fully saturated rings. The predicted octanol–water partition coefficient (Wildman–Crippen LogP) is 10.7. The molecular formula is C47H51F2NO5. The van der Waals surface area contributed by atoms with Gasteiger partial charge in [-0.3, -0.25) is 14.4 Å². The quantitative estimate of drug-likeness (QED) is 0.166. The van der Waals surface area contributed by atoms with Crippen molar-refractivity contribution in [2.45, 2.75) is 103 Å². The van der Waals surface area contributed by atoms with Crippen molar-refractivity contribution in [1.82, 2.24) is 5.32 Å². The Morgan fingerprint density at radius 3 is 1.78 bits per heavy atom. The molecule has 4 aromatic rings. The number of amides is 1. The van der Waals surface area contributed by atoms with Gasteiger partial charge in [0.15, 0.2) is 0 Å². The minimum atomic E-state index is -0.659. The number of rotatable bonds is 9. The van der Waals surface area contributed by atoms with E-state index in [2.05, 4.69) is 5.32 Å². The maximum absolute atomic E-state index is 13.2. The van der Waals surface area contributed by atoms with Crippen molar-refractivity contribution in [3.63, 3.8) is 0 Å². The van der Waals surface area contributed by atoms with Crippen LogP contribution in [0.5, 0.6) is 0 Å². The molecule has 7 rings (SSSR count). The number of nitrogens with one attached hydrogen (secondary N) is 1. The van der Waals surface area contributed by atoms with Crippen molar-refractivity contribution >= 4 is 23.2 Å². The molecule has 2 N–H and O–H groups in total. The Morgan fingerprint density at radius 2 is 1.22 bits per heavy atom. The highest BCUT2D eigenvalue weighted by molar-refractivity contribution is 6.23. The number of aliphatic hydroxyl groups excluding tert-OH is 1. The van der Waals surface area contributed by atoms with Crippen LogP contribution in [0.25, 0.3) is 27.8 Å². The van der Waals surface area contributed by atoms with E-state index < -0.39 is 11.0 Å². The zero-order valence-electron chi connectivity index (χ0n) is 32.1. The molecule has 1 heterocycles. The van der Waals surface area contributed by atoms with Gasteiger partial charge in [0.25, 0.3) is 5.91 Å². The Bertz CT molecular complexity index is 2060. The Balaban J connectivity index is 0.000000188. The molecule has 2 saturated carbocycles. The number of halogens is 2. The van der Waals surface area contributed by atoms with Crippen molar-refractivity contribution in [2.24, 2.45) is 5.41 Å². The number of carbonyl (C=O) groups excluding carboxylic acids is 3. The highest BCUT2D eigenvalue weighted by atomic mass is 19.1. The third-order valence-corrected chi connectivity index (χ3v) is 11.6. The summed E-state index contributed by atoms with van der Waals surface area (Å²) < 4.78 is 31.7. The molecule has 1 amide bonds. The second kappa shape index (κ2) is 17.1. The first-order valence-corrected chi connectivity index (χ1v) is 19.6. The van der Waals surface area contributed by atoms with E-state index in [9.17, 15) is 28.3 Å². The van der Waals surface area contributed by atoms with Crippen LogP contribution in [0.3, 0.4) is 0 Å². The maximum atomic E-state index is 13.2. The first-order chi connectivity index (χ1) is 26.4. The lowest BCUT2D eigenvalue weighted by Crippen LogP contribution is -2.46. The van der Waals surface area contributed by atoms with E-state index in [1.807, 2.05) is 50.2 Å². The fourth-order valence-electron chi connectivity index (χ4n) is 8.47. The van der Waals surface area contributed by atoms with Gasteiger partial charge in [-0.15, -0.1) is 0 Å². The van der Waals surface area contributed by atoms with Gasteiger partial charge in [-0.2, -0.15) is 0 Å². The van der Waals surface area contributed by atoms with Crippen molar-refractivity contribution in [3.05, 3.63) is 125 Å². The van der Waals surface area contributed by atoms with Gasteiger partial charge < -0.3 is 15.2 Å².